The van der Waals surface area contributed by atoms with Crippen molar-refractivity contribution in [3.63, 3.8) is 0 Å². The minimum Gasteiger partial charge on any atom is -0.339 e. The summed E-state index contributed by atoms with van der Waals surface area (Å²) in [5, 5.41) is 7.28. The largest absolute Gasteiger partial charge is 0.339 e. The van der Waals surface area contributed by atoms with Crippen LogP contribution >= 0.6 is 0 Å². The first-order chi connectivity index (χ1) is 7.47. The zero-order valence-corrected chi connectivity index (χ0v) is 11.1. The zero-order valence-electron chi connectivity index (χ0n) is 11.1. The van der Waals surface area contributed by atoms with Gasteiger partial charge in [-0.05, 0) is 19.9 Å². The smallest absolute Gasteiger partial charge is 0.231 e. The number of likely N-dealkylation sites (N-methyl/N-ethyl adjacent to an activating group) is 1. The molecule has 16 heavy (non-hydrogen) atoms. The maximum Gasteiger partial charge on any atom is 0.231 e. The molecule has 0 saturated carbocycles. The minimum absolute atomic E-state index is 0.269. The number of hydrogen-bond donors (Lipinski definition) is 1. The van der Waals surface area contributed by atoms with Crippen molar-refractivity contribution in [2.75, 3.05) is 7.05 Å². The first-order valence-corrected chi connectivity index (χ1v) is 5.98. The molecule has 4 heteroatoms. The normalized spacial score (nSPS) is 15.8. The van der Waals surface area contributed by atoms with E-state index in [1.807, 2.05) is 7.05 Å². The molecule has 0 aliphatic heterocycles. The predicted octanol–water partition coefficient (Wildman–Crippen LogP) is 2.54. The number of hydrogen-bond acceptors (Lipinski definition) is 4. The van der Waals surface area contributed by atoms with Crippen LogP contribution in [0.2, 0.25) is 0 Å². The van der Waals surface area contributed by atoms with Crippen molar-refractivity contribution in [2.24, 2.45) is 5.92 Å². The average molecular weight is 225 g/mol. The van der Waals surface area contributed by atoms with Crippen LogP contribution in [0.25, 0.3) is 0 Å². The third-order valence-corrected chi connectivity index (χ3v) is 2.97. The Labute approximate surface area is 97.8 Å². The van der Waals surface area contributed by atoms with Crippen LogP contribution in [0.15, 0.2) is 4.52 Å². The predicted molar refractivity (Wildman–Crippen MR) is 64.5 cm³/mol. The first kappa shape index (κ1) is 13.2. The first-order valence-electron chi connectivity index (χ1n) is 5.98. The Morgan fingerprint density at radius 2 is 1.75 bits per heavy atom. The van der Waals surface area contributed by atoms with E-state index in [0.29, 0.717) is 17.9 Å². The van der Waals surface area contributed by atoms with E-state index in [2.05, 4.69) is 50.1 Å². The molecule has 4 nitrogen and oxygen atoms in total. The van der Waals surface area contributed by atoms with Crippen LogP contribution in [-0.2, 0) is 0 Å². The fourth-order valence-corrected chi connectivity index (χ4v) is 1.87. The Kier molecular flexibility index (Phi) is 4.47. The van der Waals surface area contributed by atoms with Gasteiger partial charge in [-0.2, -0.15) is 4.98 Å². The number of aromatic nitrogens is 2. The summed E-state index contributed by atoms with van der Waals surface area (Å²) >= 11 is 0. The summed E-state index contributed by atoms with van der Waals surface area (Å²) in [7, 11) is 1.96. The van der Waals surface area contributed by atoms with E-state index in [4.69, 9.17) is 4.52 Å². The highest BCUT2D eigenvalue weighted by atomic mass is 16.5. The molecular formula is C12H23N3O. The van der Waals surface area contributed by atoms with Crippen LogP contribution in [0.5, 0.6) is 0 Å². The van der Waals surface area contributed by atoms with E-state index in [1.54, 1.807) is 0 Å². The van der Waals surface area contributed by atoms with Crippen molar-refractivity contribution in [2.45, 2.75) is 52.5 Å². The molecule has 1 aromatic rings. The lowest BCUT2D eigenvalue weighted by molar-refractivity contribution is 0.284. The molecule has 0 aliphatic carbocycles. The summed E-state index contributed by atoms with van der Waals surface area (Å²) in [6.07, 6.45) is 0. The molecule has 0 bridgehead atoms. The van der Waals surface area contributed by atoms with Gasteiger partial charge in [-0.1, -0.05) is 32.9 Å². The summed E-state index contributed by atoms with van der Waals surface area (Å²) < 4.78 is 5.37. The average Bonchev–Trinajstić information content (AvgIpc) is 2.66. The van der Waals surface area contributed by atoms with Gasteiger partial charge in [0.15, 0.2) is 5.82 Å². The summed E-state index contributed by atoms with van der Waals surface area (Å²) in [5.41, 5.74) is 0. The van der Waals surface area contributed by atoms with Crippen LogP contribution in [0.3, 0.4) is 0 Å². The van der Waals surface area contributed by atoms with Crippen molar-refractivity contribution in [3.8, 4) is 0 Å². The molecule has 1 rings (SSSR count). The van der Waals surface area contributed by atoms with E-state index >= 15 is 0 Å². The standard InChI is InChI=1S/C12H23N3O/c1-7(2)10(9(5)13-6)12-14-11(8(3)4)15-16-12/h7-10,13H,1-6H3. The van der Waals surface area contributed by atoms with E-state index < -0.39 is 0 Å². The molecule has 1 aromatic heterocycles. The molecule has 0 saturated heterocycles. The van der Waals surface area contributed by atoms with Gasteiger partial charge in [0.2, 0.25) is 5.89 Å². The van der Waals surface area contributed by atoms with Crippen molar-refractivity contribution in [1.29, 1.82) is 0 Å². The molecule has 0 spiro atoms. The molecule has 92 valence electrons. The van der Waals surface area contributed by atoms with E-state index in [9.17, 15) is 0 Å². The highest BCUT2D eigenvalue weighted by Gasteiger charge is 2.27. The van der Waals surface area contributed by atoms with Gasteiger partial charge < -0.3 is 9.84 Å². The molecule has 0 fully saturated rings. The van der Waals surface area contributed by atoms with E-state index in [-0.39, 0.29) is 5.92 Å². The fraction of sp³-hybridized carbons (Fsp3) is 0.833. The Balaban J connectivity index is 2.93. The third-order valence-electron chi connectivity index (χ3n) is 2.97. The SMILES string of the molecule is CNC(C)C(c1nc(C(C)C)no1)C(C)C. The summed E-state index contributed by atoms with van der Waals surface area (Å²) in [5.74, 6) is 2.60. The molecule has 1 heterocycles. The Morgan fingerprint density at radius 1 is 1.12 bits per heavy atom. The molecule has 2 atom stereocenters. The number of nitrogens with one attached hydrogen (secondary N) is 1. The van der Waals surface area contributed by atoms with Crippen LogP contribution < -0.4 is 5.32 Å². The molecule has 0 radical (unpaired) electrons. The fourth-order valence-electron chi connectivity index (χ4n) is 1.87. The second-order valence-electron chi connectivity index (χ2n) is 4.99. The van der Waals surface area contributed by atoms with Gasteiger partial charge in [0.25, 0.3) is 0 Å². The second-order valence-corrected chi connectivity index (χ2v) is 4.99. The van der Waals surface area contributed by atoms with Gasteiger partial charge >= 0.3 is 0 Å². The summed E-state index contributed by atoms with van der Waals surface area (Å²) in [6.45, 7) is 10.6. The van der Waals surface area contributed by atoms with Gasteiger partial charge in [0.05, 0.1) is 5.92 Å². The summed E-state index contributed by atoms with van der Waals surface area (Å²) in [6, 6.07) is 0.334. The monoisotopic (exact) mass is 225 g/mol. The van der Waals surface area contributed by atoms with Crippen LogP contribution in [0.4, 0.5) is 0 Å². The second kappa shape index (κ2) is 5.43. The van der Waals surface area contributed by atoms with Crippen molar-refractivity contribution >= 4 is 0 Å². The van der Waals surface area contributed by atoms with Gasteiger partial charge in [-0.3, -0.25) is 0 Å². The molecule has 2 unspecified atom stereocenters. The van der Waals surface area contributed by atoms with E-state index in [0.717, 1.165) is 11.7 Å². The van der Waals surface area contributed by atoms with Crippen molar-refractivity contribution < 1.29 is 4.52 Å². The lowest BCUT2D eigenvalue weighted by atomic mass is 9.89. The maximum atomic E-state index is 5.37. The Bertz CT molecular complexity index is 320. The molecular weight excluding hydrogens is 202 g/mol. The van der Waals surface area contributed by atoms with Gasteiger partial charge in [-0.25, -0.2) is 0 Å². The number of rotatable bonds is 5. The van der Waals surface area contributed by atoms with Gasteiger partial charge in [0, 0.05) is 12.0 Å². The zero-order chi connectivity index (χ0) is 12.3. The van der Waals surface area contributed by atoms with Crippen molar-refractivity contribution in [3.05, 3.63) is 11.7 Å². The van der Waals surface area contributed by atoms with Gasteiger partial charge in [-0.15, -0.1) is 0 Å². The van der Waals surface area contributed by atoms with Crippen LogP contribution in [0.1, 0.15) is 58.2 Å². The Morgan fingerprint density at radius 3 is 2.12 bits per heavy atom. The molecule has 0 aliphatic rings. The quantitative estimate of drug-likeness (QED) is 0.836. The van der Waals surface area contributed by atoms with E-state index in [1.165, 1.54) is 0 Å². The molecule has 0 amide bonds. The Hall–Kier alpha value is -0.900. The van der Waals surface area contributed by atoms with Crippen LogP contribution in [0, 0.1) is 5.92 Å². The molecule has 0 aromatic carbocycles. The van der Waals surface area contributed by atoms with Crippen molar-refractivity contribution in [1.82, 2.24) is 15.5 Å². The lowest BCUT2D eigenvalue weighted by Gasteiger charge is -2.23. The number of nitrogens with zero attached hydrogens (tertiary/aromatic N) is 2. The highest BCUT2D eigenvalue weighted by molar-refractivity contribution is 5.01. The highest BCUT2D eigenvalue weighted by Crippen LogP contribution is 2.27. The van der Waals surface area contributed by atoms with Crippen LogP contribution in [-0.4, -0.2) is 23.2 Å². The third kappa shape index (κ3) is 2.82. The lowest BCUT2D eigenvalue weighted by Crippen LogP contribution is -2.32. The maximum absolute atomic E-state index is 5.37. The topological polar surface area (TPSA) is 51.0 Å². The molecule has 1 N–H and O–H groups in total. The summed E-state index contributed by atoms with van der Waals surface area (Å²) in [4.78, 5) is 4.48. The van der Waals surface area contributed by atoms with Gasteiger partial charge in [0.1, 0.15) is 0 Å². The minimum atomic E-state index is 0.269.